The van der Waals surface area contributed by atoms with E-state index in [0.29, 0.717) is 53.2 Å². The number of hydrogen-bond acceptors (Lipinski definition) is 14. The molecule has 4 N–H and O–H groups in total. The third-order valence-electron chi connectivity index (χ3n) is 14.1. The van der Waals surface area contributed by atoms with Gasteiger partial charge in [-0.1, -0.05) is 6.07 Å². The topological polar surface area (TPSA) is 225 Å². The Balaban J connectivity index is 0.000000923. The molecule has 2 unspecified atom stereocenters. The molecule has 4 fully saturated rings. The Labute approximate surface area is 412 Å². The number of carbonyl (C=O) groups is 6. The van der Waals surface area contributed by atoms with Gasteiger partial charge in [0.15, 0.2) is 0 Å². The predicted molar refractivity (Wildman–Crippen MR) is 256 cm³/mol. The van der Waals surface area contributed by atoms with Gasteiger partial charge in [-0.2, -0.15) is 18.2 Å². The van der Waals surface area contributed by atoms with E-state index in [2.05, 4.69) is 59.1 Å². The smallest absolute Gasteiger partial charge is 0.475 e. The van der Waals surface area contributed by atoms with Gasteiger partial charge in [0, 0.05) is 88.4 Å². The van der Waals surface area contributed by atoms with Gasteiger partial charge >= 0.3 is 12.1 Å². The molecule has 5 amide bonds. The predicted octanol–water partition coefficient (Wildman–Crippen LogP) is 5.64. The number of amides is 5. The molecule has 19 nitrogen and oxygen atoms in total. The van der Waals surface area contributed by atoms with Crippen LogP contribution in [-0.2, 0) is 19.1 Å². The summed E-state index contributed by atoms with van der Waals surface area (Å²) in [5.74, 6) is -2.70. The van der Waals surface area contributed by atoms with Gasteiger partial charge in [-0.15, -0.1) is 0 Å². The van der Waals surface area contributed by atoms with Crippen LogP contribution >= 0.6 is 0 Å². The van der Waals surface area contributed by atoms with Gasteiger partial charge in [-0.05, 0) is 95.9 Å². The van der Waals surface area contributed by atoms with Gasteiger partial charge in [0.25, 0.3) is 17.7 Å². The lowest BCUT2D eigenvalue weighted by Gasteiger charge is -2.35. The molecule has 72 heavy (non-hydrogen) atoms. The summed E-state index contributed by atoms with van der Waals surface area (Å²) in [6, 6.07) is 8.19. The van der Waals surface area contributed by atoms with E-state index in [4.69, 9.17) is 14.6 Å². The highest BCUT2D eigenvalue weighted by Crippen LogP contribution is 2.37. The molecule has 9 rings (SSSR count). The van der Waals surface area contributed by atoms with Crippen molar-refractivity contribution in [3.05, 3.63) is 65.6 Å². The van der Waals surface area contributed by atoms with Gasteiger partial charge in [-0.25, -0.2) is 19.2 Å². The number of benzene rings is 1. The van der Waals surface area contributed by atoms with E-state index in [9.17, 15) is 41.5 Å². The van der Waals surface area contributed by atoms with Crippen molar-refractivity contribution in [3.63, 3.8) is 0 Å². The first kappa shape index (κ1) is 51.6. The Morgan fingerprint density at radius 3 is 2.32 bits per heavy atom. The summed E-state index contributed by atoms with van der Waals surface area (Å²) in [5, 5.41) is 16.8. The summed E-state index contributed by atoms with van der Waals surface area (Å²) in [6.45, 7) is 9.31. The lowest BCUT2D eigenvalue weighted by molar-refractivity contribution is -0.192. The fourth-order valence-corrected chi connectivity index (χ4v) is 10.2. The molecule has 1 aromatic carbocycles. The van der Waals surface area contributed by atoms with Crippen molar-refractivity contribution in [2.45, 2.75) is 108 Å². The number of hydrogen-bond donors (Lipinski definition) is 4. The Kier molecular flexibility index (Phi) is 15.7. The highest BCUT2D eigenvalue weighted by atomic mass is 19.4. The minimum Gasteiger partial charge on any atom is -0.475 e. The third kappa shape index (κ3) is 11.5. The monoisotopic (exact) mass is 1010 g/mol. The summed E-state index contributed by atoms with van der Waals surface area (Å²) in [7, 11) is 1.53. The fraction of sp³-hybridized carbons (Fsp3) is 0.531. The van der Waals surface area contributed by atoms with E-state index in [1.54, 1.807) is 30.6 Å². The number of ether oxygens (including phenoxy) is 1. The van der Waals surface area contributed by atoms with Crippen molar-refractivity contribution < 1.29 is 56.2 Å². The molecule has 23 heteroatoms. The quantitative estimate of drug-likeness (QED) is 0.0940. The number of carboxylic acids is 1. The second-order valence-corrected chi connectivity index (χ2v) is 19.1. The number of imide groups is 2. The molecule has 3 aromatic heterocycles. The summed E-state index contributed by atoms with van der Waals surface area (Å²) in [6.07, 6.45) is 5.35. The van der Waals surface area contributed by atoms with E-state index in [1.807, 2.05) is 23.2 Å². The van der Waals surface area contributed by atoms with Gasteiger partial charge in [0.2, 0.25) is 17.8 Å². The minimum atomic E-state index is -5.08. The van der Waals surface area contributed by atoms with E-state index in [0.717, 1.165) is 92.7 Å². The number of anilines is 4. The summed E-state index contributed by atoms with van der Waals surface area (Å²) in [5.41, 5.74) is 2.88. The number of alkyl halides is 4. The number of piperidine rings is 4. The van der Waals surface area contributed by atoms with Crippen molar-refractivity contribution in [1.29, 1.82) is 0 Å². The Bertz CT molecular complexity index is 2690. The number of pyridine rings is 1. The first-order valence-electron chi connectivity index (χ1n) is 24.4. The average Bonchev–Trinajstić information content (AvgIpc) is 3.86. The molecule has 8 heterocycles. The maximum atomic E-state index is 14.6. The van der Waals surface area contributed by atoms with Crippen LogP contribution in [0, 0.1) is 5.92 Å². The van der Waals surface area contributed by atoms with Crippen molar-refractivity contribution in [2.24, 2.45) is 5.92 Å². The zero-order valence-electron chi connectivity index (χ0n) is 40.3. The molecule has 0 spiro atoms. The number of likely N-dealkylation sites (tertiary alicyclic amines) is 1. The zero-order valence-corrected chi connectivity index (χ0v) is 40.3. The number of nitrogens with zero attached hydrogens (tertiary/aromatic N) is 8. The number of nitrogens with one attached hydrogen (secondary N) is 3. The molecule has 0 saturated carbocycles. The molecule has 5 aliphatic heterocycles. The lowest BCUT2D eigenvalue weighted by Crippen LogP contribution is -2.54. The Morgan fingerprint density at radius 2 is 1.65 bits per heavy atom. The lowest BCUT2D eigenvalue weighted by atomic mass is 9.91. The number of fused-ring (bicyclic) bond motifs is 2. The van der Waals surface area contributed by atoms with Crippen LogP contribution in [0.5, 0.6) is 0 Å². The number of carboxylic acid groups (broad SMARTS) is 1. The normalized spacial score (nSPS) is 21.4. The molecule has 3 atom stereocenters. The number of aromatic nitrogens is 4. The molecule has 4 saturated heterocycles. The van der Waals surface area contributed by atoms with E-state index >= 15 is 0 Å². The van der Waals surface area contributed by atoms with Gasteiger partial charge < -0.3 is 39.7 Å². The van der Waals surface area contributed by atoms with Crippen molar-refractivity contribution in [3.8, 4) is 0 Å². The van der Waals surface area contributed by atoms with Gasteiger partial charge in [0.05, 0.1) is 40.5 Å². The van der Waals surface area contributed by atoms with Crippen LogP contribution in [0.2, 0.25) is 0 Å². The average molecular weight is 1010 g/mol. The summed E-state index contributed by atoms with van der Waals surface area (Å²) >= 11 is 0. The SMILES string of the molecule is COC1CCN(c2nccc(Nc3cc4c(cn3)c(C(=O)NC3CCN(CCCC5CCN(c6cccc7c6C(=O)N(C6CCC(=O)NC6=O)C7=O)CC5)CC3)cn4C(C)C)n2)C[C@H]1F.O=C(O)C(F)(F)F. The second-order valence-electron chi connectivity index (χ2n) is 19.1. The fourth-order valence-electron chi connectivity index (χ4n) is 10.2. The minimum absolute atomic E-state index is 0.0760. The standard InChI is InChI=1S/C47H58FN11O6.C2HF3O2/c1-28(2)58-26-33(32-25-50-40(24-37(32)58)52-39-11-17-49-47(53-39)57-23-16-38(65-3)34(48)27-57)43(61)51-30-14-19-55(20-15-30)18-5-6-29-12-21-56(22-13-29)35-8-4-7-31-42(35)46(64)59(45(31)63)36-9-10-41(60)54-44(36)62;3-2(4,5)1(6)7/h4,7-8,11,17,24-26,28-30,34,36,38H,5-6,9-10,12-16,18-23,27H2,1-3H3,(H,51,61)(H,54,60,62)(H,49,50,52,53);(H,6,7)/t34-,36?,38?;/m1./s1. The number of halogens is 4. The van der Waals surface area contributed by atoms with Crippen LogP contribution in [0.4, 0.5) is 40.8 Å². The zero-order chi connectivity index (χ0) is 51.4. The number of rotatable bonds is 13. The van der Waals surface area contributed by atoms with Crippen molar-refractivity contribution in [1.82, 2.24) is 40.0 Å². The molecule has 5 aliphatic rings. The van der Waals surface area contributed by atoms with Gasteiger partial charge in [-0.3, -0.25) is 34.2 Å². The highest BCUT2D eigenvalue weighted by Gasteiger charge is 2.46. The van der Waals surface area contributed by atoms with Crippen LogP contribution in [-0.4, -0.2) is 153 Å². The number of aliphatic carboxylic acids is 1. The van der Waals surface area contributed by atoms with Crippen LogP contribution < -0.4 is 25.8 Å². The molecule has 0 radical (unpaired) electrons. The van der Waals surface area contributed by atoms with Crippen LogP contribution in [0.25, 0.3) is 10.9 Å². The van der Waals surface area contributed by atoms with Crippen molar-refractivity contribution >= 4 is 69.7 Å². The molecule has 4 aromatic rings. The van der Waals surface area contributed by atoms with E-state index in [1.165, 1.54) is 7.11 Å². The molecular weight excluding hydrogens is 947 g/mol. The summed E-state index contributed by atoms with van der Waals surface area (Å²) in [4.78, 5) is 95.2. The number of methoxy groups -OCH3 is 1. The van der Waals surface area contributed by atoms with E-state index < -0.39 is 54.1 Å². The molecule has 0 bridgehead atoms. The van der Waals surface area contributed by atoms with E-state index in [-0.39, 0.29) is 37.4 Å². The van der Waals surface area contributed by atoms with Crippen LogP contribution in [0.1, 0.15) is 109 Å². The Hall–Kier alpha value is -6.75. The molecular formula is C49H59F4N11O8. The maximum absolute atomic E-state index is 14.6. The van der Waals surface area contributed by atoms with Crippen LogP contribution in [0.3, 0.4) is 0 Å². The molecule has 386 valence electrons. The first-order valence-corrected chi connectivity index (χ1v) is 24.4. The third-order valence-corrected chi connectivity index (χ3v) is 14.1. The van der Waals surface area contributed by atoms with Crippen LogP contribution in [0.15, 0.2) is 48.9 Å². The first-order chi connectivity index (χ1) is 34.4. The largest absolute Gasteiger partial charge is 0.490 e. The Morgan fingerprint density at radius 1 is 0.931 bits per heavy atom. The maximum Gasteiger partial charge on any atom is 0.490 e. The molecule has 0 aliphatic carbocycles. The highest BCUT2D eigenvalue weighted by molar-refractivity contribution is 6.25. The number of carbonyl (C=O) groups excluding carboxylic acids is 5. The van der Waals surface area contributed by atoms with Gasteiger partial charge in [0.1, 0.15) is 23.8 Å². The summed E-state index contributed by atoms with van der Waals surface area (Å²) < 4.78 is 53.7. The van der Waals surface area contributed by atoms with Crippen molar-refractivity contribution in [2.75, 3.05) is 68.0 Å². The second kappa shape index (κ2) is 21.9.